The van der Waals surface area contributed by atoms with Gasteiger partial charge in [0.2, 0.25) is 0 Å². The lowest BCUT2D eigenvalue weighted by molar-refractivity contribution is 0.0703. The Morgan fingerprint density at radius 3 is 3.13 bits per heavy atom. The third-order valence-corrected chi connectivity index (χ3v) is 3.36. The van der Waals surface area contributed by atoms with Crippen molar-refractivity contribution in [1.82, 2.24) is 9.88 Å². The fourth-order valence-electron chi connectivity index (χ4n) is 1.82. The van der Waals surface area contributed by atoms with Gasteiger partial charge < -0.3 is 10.6 Å². The minimum Gasteiger partial charge on any atom is -0.336 e. The van der Waals surface area contributed by atoms with Gasteiger partial charge in [-0.25, -0.2) is 4.98 Å². The number of carbonyl (C=O) groups is 1. The Morgan fingerprint density at radius 1 is 1.73 bits per heavy atom. The maximum atomic E-state index is 12.0. The van der Waals surface area contributed by atoms with Crippen LogP contribution in [-0.2, 0) is 0 Å². The van der Waals surface area contributed by atoms with Gasteiger partial charge in [0.1, 0.15) is 5.69 Å². The van der Waals surface area contributed by atoms with Gasteiger partial charge in [0.25, 0.3) is 5.91 Å². The number of hydrogen-bond donors (Lipinski definition) is 1. The highest BCUT2D eigenvalue weighted by molar-refractivity contribution is 7.09. The highest BCUT2D eigenvalue weighted by Crippen LogP contribution is 2.14. The van der Waals surface area contributed by atoms with Gasteiger partial charge >= 0.3 is 0 Å². The van der Waals surface area contributed by atoms with Crippen LogP contribution in [0.5, 0.6) is 0 Å². The summed E-state index contributed by atoms with van der Waals surface area (Å²) < 4.78 is 0. The molecular weight excluding hydrogens is 210 g/mol. The van der Waals surface area contributed by atoms with Crippen LogP contribution in [0.25, 0.3) is 0 Å². The molecular formula is C10H15N3OS. The Bertz CT molecular complexity index is 363. The van der Waals surface area contributed by atoms with Crippen LogP contribution in [0.1, 0.15) is 28.3 Å². The van der Waals surface area contributed by atoms with E-state index in [4.69, 9.17) is 5.73 Å². The first-order valence-electron chi connectivity index (χ1n) is 5.14. The van der Waals surface area contributed by atoms with Crippen molar-refractivity contribution in [2.75, 3.05) is 13.1 Å². The number of aromatic nitrogens is 1. The molecule has 2 N–H and O–H groups in total. The molecule has 0 aromatic carbocycles. The molecule has 1 aliphatic heterocycles. The Hall–Kier alpha value is -0.940. The number of nitrogens with two attached hydrogens (primary N) is 1. The topological polar surface area (TPSA) is 59.2 Å². The maximum Gasteiger partial charge on any atom is 0.273 e. The highest BCUT2D eigenvalue weighted by atomic mass is 32.1. The van der Waals surface area contributed by atoms with E-state index in [1.165, 1.54) is 11.3 Å². The first-order chi connectivity index (χ1) is 7.16. The summed E-state index contributed by atoms with van der Waals surface area (Å²) in [4.78, 5) is 18.0. The lowest BCUT2D eigenvalue weighted by Crippen LogP contribution is -2.45. The van der Waals surface area contributed by atoms with Crippen LogP contribution in [-0.4, -0.2) is 34.9 Å². The van der Waals surface area contributed by atoms with Gasteiger partial charge in [0.05, 0.1) is 5.01 Å². The summed E-state index contributed by atoms with van der Waals surface area (Å²) in [6.07, 6.45) is 2.01. The summed E-state index contributed by atoms with van der Waals surface area (Å²) in [7, 11) is 0. The third-order valence-electron chi connectivity index (χ3n) is 2.58. The minimum absolute atomic E-state index is 0.0227. The van der Waals surface area contributed by atoms with Crippen molar-refractivity contribution in [2.24, 2.45) is 5.73 Å². The number of amides is 1. The summed E-state index contributed by atoms with van der Waals surface area (Å²) in [6, 6.07) is 0.127. The minimum atomic E-state index is 0.0227. The molecule has 0 aliphatic carbocycles. The molecule has 82 valence electrons. The number of thiazole rings is 1. The second kappa shape index (κ2) is 4.28. The smallest absolute Gasteiger partial charge is 0.273 e. The van der Waals surface area contributed by atoms with Gasteiger partial charge in [-0.1, -0.05) is 0 Å². The first kappa shape index (κ1) is 10.6. The summed E-state index contributed by atoms with van der Waals surface area (Å²) >= 11 is 1.51. The third kappa shape index (κ3) is 2.35. The molecule has 4 nitrogen and oxygen atoms in total. The highest BCUT2D eigenvalue weighted by Gasteiger charge is 2.23. The molecule has 2 rings (SSSR count). The lowest BCUT2D eigenvalue weighted by atomic mass is 10.1. The van der Waals surface area contributed by atoms with Gasteiger partial charge in [-0.2, -0.15) is 0 Å². The van der Waals surface area contributed by atoms with Gasteiger partial charge in [-0.05, 0) is 19.8 Å². The van der Waals surface area contributed by atoms with E-state index in [-0.39, 0.29) is 11.9 Å². The molecule has 0 unspecified atom stereocenters. The molecule has 1 aromatic heterocycles. The van der Waals surface area contributed by atoms with Gasteiger partial charge in [-0.15, -0.1) is 11.3 Å². The number of nitrogens with zero attached hydrogens (tertiary/aromatic N) is 2. The fraction of sp³-hybridized carbons (Fsp3) is 0.600. The monoisotopic (exact) mass is 225 g/mol. The van der Waals surface area contributed by atoms with Crippen molar-refractivity contribution in [2.45, 2.75) is 25.8 Å². The molecule has 0 spiro atoms. The van der Waals surface area contributed by atoms with Crippen molar-refractivity contribution in [3.05, 3.63) is 16.1 Å². The van der Waals surface area contributed by atoms with Crippen LogP contribution in [0.4, 0.5) is 0 Å². The predicted molar refractivity (Wildman–Crippen MR) is 60.0 cm³/mol. The zero-order valence-electron chi connectivity index (χ0n) is 8.77. The van der Waals surface area contributed by atoms with E-state index in [0.717, 1.165) is 24.4 Å². The summed E-state index contributed by atoms with van der Waals surface area (Å²) in [5.41, 5.74) is 6.40. The van der Waals surface area contributed by atoms with Crippen molar-refractivity contribution in [3.63, 3.8) is 0 Å². The van der Waals surface area contributed by atoms with E-state index in [1.54, 1.807) is 0 Å². The quantitative estimate of drug-likeness (QED) is 0.776. The standard InChI is InChI=1S/C10H15N3OS/c1-7-12-9(6-15-7)10(14)13-4-2-3-8(11)5-13/h6,8H,2-5,11H2,1H3/t8-/m1/s1. The summed E-state index contributed by atoms with van der Waals surface area (Å²) in [5.74, 6) is 0.0227. The van der Waals surface area contributed by atoms with Gasteiger partial charge in [0, 0.05) is 24.5 Å². The average molecular weight is 225 g/mol. The number of aryl methyl sites for hydroxylation is 1. The number of carbonyl (C=O) groups excluding carboxylic acids is 1. The van der Waals surface area contributed by atoms with Crippen molar-refractivity contribution in [1.29, 1.82) is 0 Å². The van der Waals surface area contributed by atoms with E-state index in [9.17, 15) is 4.79 Å². The SMILES string of the molecule is Cc1nc(C(=O)N2CCC[C@@H](N)C2)cs1. The van der Waals surface area contributed by atoms with Crippen LogP contribution in [0.2, 0.25) is 0 Å². The number of hydrogen-bond acceptors (Lipinski definition) is 4. The average Bonchev–Trinajstić information content (AvgIpc) is 2.64. The number of rotatable bonds is 1. The maximum absolute atomic E-state index is 12.0. The van der Waals surface area contributed by atoms with Crippen molar-refractivity contribution in [3.8, 4) is 0 Å². The van der Waals surface area contributed by atoms with E-state index in [1.807, 2.05) is 17.2 Å². The Balaban J connectivity index is 2.07. The van der Waals surface area contributed by atoms with E-state index in [0.29, 0.717) is 12.2 Å². The fourth-order valence-corrected chi connectivity index (χ4v) is 2.40. The molecule has 0 bridgehead atoms. The van der Waals surface area contributed by atoms with Gasteiger partial charge in [-0.3, -0.25) is 4.79 Å². The molecule has 1 fully saturated rings. The van der Waals surface area contributed by atoms with Crippen molar-refractivity contribution < 1.29 is 4.79 Å². The van der Waals surface area contributed by atoms with Gasteiger partial charge in [0.15, 0.2) is 0 Å². The largest absolute Gasteiger partial charge is 0.336 e. The van der Waals surface area contributed by atoms with Crippen molar-refractivity contribution >= 4 is 17.2 Å². The Morgan fingerprint density at radius 2 is 2.53 bits per heavy atom. The molecule has 5 heteroatoms. The summed E-state index contributed by atoms with van der Waals surface area (Å²) in [5, 5.41) is 2.75. The predicted octanol–water partition coefficient (Wildman–Crippen LogP) is 1.01. The normalized spacial score (nSPS) is 21.7. The second-order valence-electron chi connectivity index (χ2n) is 3.91. The van der Waals surface area contributed by atoms with Crippen LogP contribution >= 0.6 is 11.3 Å². The number of likely N-dealkylation sites (tertiary alicyclic amines) is 1. The van der Waals surface area contributed by atoms with E-state index < -0.39 is 0 Å². The van der Waals surface area contributed by atoms with E-state index in [2.05, 4.69) is 4.98 Å². The lowest BCUT2D eigenvalue weighted by Gasteiger charge is -2.30. The van der Waals surface area contributed by atoms with Crippen LogP contribution in [0.15, 0.2) is 5.38 Å². The molecule has 15 heavy (non-hydrogen) atoms. The first-order valence-corrected chi connectivity index (χ1v) is 6.02. The summed E-state index contributed by atoms with van der Waals surface area (Å²) in [6.45, 7) is 3.38. The Labute approximate surface area is 93.1 Å². The molecule has 2 heterocycles. The zero-order valence-corrected chi connectivity index (χ0v) is 9.59. The Kier molecular flexibility index (Phi) is 3.02. The van der Waals surface area contributed by atoms with E-state index >= 15 is 0 Å². The van der Waals surface area contributed by atoms with Crippen LogP contribution in [0.3, 0.4) is 0 Å². The molecule has 1 saturated heterocycles. The molecule has 1 amide bonds. The molecule has 0 radical (unpaired) electrons. The van der Waals surface area contributed by atoms with Crippen LogP contribution < -0.4 is 5.73 Å². The van der Waals surface area contributed by atoms with Crippen LogP contribution in [0, 0.1) is 6.92 Å². The molecule has 1 atom stereocenters. The second-order valence-corrected chi connectivity index (χ2v) is 4.97. The zero-order chi connectivity index (χ0) is 10.8. The molecule has 0 saturated carbocycles. The molecule has 1 aromatic rings. The molecule has 1 aliphatic rings. The number of piperidine rings is 1.